The Morgan fingerprint density at radius 3 is 1.16 bits per heavy atom. The van der Waals surface area contributed by atoms with Crippen LogP contribution >= 0.6 is 24.8 Å². The van der Waals surface area contributed by atoms with Crippen LogP contribution in [0, 0.1) is 11.8 Å². The number of Topliss-reactive ketones (excluding diaryl/α,β-unsaturated/α-hetero) is 2. The fourth-order valence-corrected chi connectivity index (χ4v) is 5.17. The Kier molecular flexibility index (Phi) is 23.0. The van der Waals surface area contributed by atoms with E-state index in [1.165, 1.54) is 0 Å². The van der Waals surface area contributed by atoms with Gasteiger partial charge in [-0.05, 0) is 100 Å². The van der Waals surface area contributed by atoms with E-state index in [0.29, 0.717) is 50.3 Å². The predicted octanol–water partition coefficient (Wildman–Crippen LogP) is 8.65. The van der Waals surface area contributed by atoms with Crippen LogP contribution in [0.5, 0.6) is 11.5 Å². The van der Waals surface area contributed by atoms with Gasteiger partial charge >= 0.3 is 0 Å². The molecule has 44 heavy (non-hydrogen) atoms. The summed E-state index contributed by atoms with van der Waals surface area (Å²) < 4.78 is 11.6. The molecule has 2 atom stereocenters. The van der Waals surface area contributed by atoms with E-state index in [1.54, 1.807) is 0 Å². The fourth-order valence-electron chi connectivity index (χ4n) is 5.17. The van der Waals surface area contributed by atoms with E-state index in [0.717, 1.165) is 63.4 Å². The topological polar surface area (TPSA) is 59.1 Å². The summed E-state index contributed by atoms with van der Waals surface area (Å²) in [6, 6.07) is 15.2. The molecule has 0 heterocycles. The Balaban J connectivity index is 0.00000924. The maximum absolute atomic E-state index is 13.8. The Hall–Kier alpha value is -2.12. The SMILES string of the molecule is CCCCOc1ccc(C(=O)C(CCC(CN(CC)CC)C(=O)c2ccc(OCCCC)cc2)CN(CC)CC)cc1.Cl.Cl. The molecule has 6 nitrogen and oxygen atoms in total. The van der Waals surface area contributed by atoms with E-state index in [1.807, 2.05) is 48.5 Å². The van der Waals surface area contributed by atoms with Gasteiger partial charge in [-0.25, -0.2) is 0 Å². The molecular formula is C36H58Cl2N2O4. The third-order valence-corrected chi connectivity index (χ3v) is 8.16. The molecule has 0 spiro atoms. The first-order chi connectivity index (χ1) is 20.4. The summed E-state index contributed by atoms with van der Waals surface area (Å²) in [5.41, 5.74) is 1.42. The van der Waals surface area contributed by atoms with Crippen LogP contribution in [-0.4, -0.2) is 73.8 Å². The van der Waals surface area contributed by atoms with Gasteiger partial charge in [0.2, 0.25) is 0 Å². The van der Waals surface area contributed by atoms with Crippen molar-refractivity contribution in [1.29, 1.82) is 0 Å². The van der Waals surface area contributed by atoms with Crippen molar-refractivity contribution in [2.24, 2.45) is 11.8 Å². The number of carbonyl (C=O) groups is 2. The zero-order chi connectivity index (χ0) is 30.7. The van der Waals surface area contributed by atoms with Crippen LogP contribution in [0.4, 0.5) is 0 Å². The molecule has 2 unspecified atom stereocenters. The van der Waals surface area contributed by atoms with Gasteiger partial charge in [-0.1, -0.05) is 54.4 Å². The maximum Gasteiger partial charge on any atom is 0.167 e. The molecule has 0 fully saturated rings. The highest BCUT2D eigenvalue weighted by Gasteiger charge is 2.27. The van der Waals surface area contributed by atoms with Crippen molar-refractivity contribution in [2.75, 3.05) is 52.5 Å². The van der Waals surface area contributed by atoms with Crippen LogP contribution < -0.4 is 9.47 Å². The Bertz CT molecular complexity index is 942. The largest absolute Gasteiger partial charge is 0.494 e. The molecule has 0 aliphatic rings. The summed E-state index contributed by atoms with van der Waals surface area (Å²) in [6.45, 7) is 19.1. The van der Waals surface area contributed by atoms with Crippen molar-refractivity contribution in [3.63, 3.8) is 0 Å². The smallest absolute Gasteiger partial charge is 0.167 e. The van der Waals surface area contributed by atoms with E-state index >= 15 is 0 Å². The average molecular weight is 654 g/mol. The molecule has 8 heteroatoms. The monoisotopic (exact) mass is 652 g/mol. The molecule has 0 amide bonds. The molecule has 0 saturated carbocycles. The van der Waals surface area contributed by atoms with Crippen molar-refractivity contribution < 1.29 is 19.1 Å². The lowest BCUT2D eigenvalue weighted by atomic mass is 9.86. The number of ether oxygens (including phenoxy) is 2. The molecule has 0 aliphatic carbocycles. The zero-order valence-electron chi connectivity index (χ0n) is 28.0. The number of benzene rings is 2. The van der Waals surface area contributed by atoms with Crippen LogP contribution in [0.25, 0.3) is 0 Å². The average Bonchev–Trinajstić information content (AvgIpc) is 3.03. The van der Waals surface area contributed by atoms with Gasteiger partial charge in [0.1, 0.15) is 11.5 Å². The Morgan fingerprint density at radius 2 is 0.886 bits per heavy atom. The van der Waals surface area contributed by atoms with Gasteiger partial charge in [0, 0.05) is 36.1 Å². The molecule has 2 aromatic carbocycles. The normalized spacial score (nSPS) is 12.3. The van der Waals surface area contributed by atoms with E-state index in [2.05, 4.69) is 51.3 Å². The molecule has 2 rings (SSSR count). The Labute approximate surface area is 280 Å². The van der Waals surface area contributed by atoms with Crippen molar-refractivity contribution >= 4 is 36.4 Å². The van der Waals surface area contributed by atoms with Gasteiger partial charge in [0.05, 0.1) is 13.2 Å². The number of carbonyl (C=O) groups excluding carboxylic acids is 2. The summed E-state index contributed by atoms with van der Waals surface area (Å²) in [6.07, 6.45) is 5.52. The number of rotatable bonds is 23. The lowest BCUT2D eigenvalue weighted by Gasteiger charge is -2.28. The first-order valence-electron chi connectivity index (χ1n) is 16.4. The van der Waals surface area contributed by atoms with Crippen molar-refractivity contribution in [1.82, 2.24) is 9.80 Å². The van der Waals surface area contributed by atoms with Gasteiger partial charge in [-0.2, -0.15) is 0 Å². The number of halogens is 2. The van der Waals surface area contributed by atoms with Gasteiger partial charge in [-0.3, -0.25) is 9.59 Å². The van der Waals surface area contributed by atoms with E-state index in [9.17, 15) is 9.59 Å². The summed E-state index contributed by atoms with van der Waals surface area (Å²) in [7, 11) is 0. The molecule has 0 N–H and O–H groups in total. The minimum absolute atomic E-state index is 0. The second-order valence-corrected chi connectivity index (χ2v) is 11.1. The molecule has 0 radical (unpaired) electrons. The second-order valence-electron chi connectivity index (χ2n) is 11.1. The van der Waals surface area contributed by atoms with Gasteiger partial charge in [-0.15, -0.1) is 24.8 Å². The van der Waals surface area contributed by atoms with Crippen molar-refractivity contribution in [2.45, 2.75) is 80.1 Å². The Morgan fingerprint density at radius 1 is 0.568 bits per heavy atom. The third-order valence-electron chi connectivity index (χ3n) is 8.16. The third kappa shape index (κ3) is 14.3. The number of nitrogens with zero attached hydrogens (tertiary/aromatic N) is 2. The summed E-state index contributed by atoms with van der Waals surface area (Å²) in [5.74, 6) is 1.52. The van der Waals surface area contributed by atoms with Gasteiger partial charge in [0.25, 0.3) is 0 Å². The molecule has 0 aromatic heterocycles. The minimum atomic E-state index is -0.182. The van der Waals surface area contributed by atoms with Crippen LogP contribution in [0.15, 0.2) is 48.5 Å². The number of hydrogen-bond donors (Lipinski definition) is 0. The molecule has 0 aliphatic heterocycles. The van der Waals surface area contributed by atoms with Gasteiger partial charge in [0.15, 0.2) is 11.6 Å². The lowest BCUT2D eigenvalue weighted by Crippen LogP contribution is -2.36. The second kappa shape index (κ2) is 24.2. The predicted molar refractivity (Wildman–Crippen MR) is 189 cm³/mol. The number of ketones is 2. The lowest BCUT2D eigenvalue weighted by molar-refractivity contribution is 0.0815. The molecule has 0 saturated heterocycles. The standard InChI is InChI=1S/C36H56N2O4.2ClH/c1-7-13-25-41-33-21-17-29(18-22-33)35(39)31(27-37(9-3)10-4)15-16-32(28-38(11-5)12-6)36(40)30-19-23-34(24-20-30)42-26-14-8-2;;/h17-24,31-32H,7-16,25-28H2,1-6H3;2*1H. The highest BCUT2D eigenvalue weighted by molar-refractivity contribution is 5.99. The summed E-state index contributed by atoms with van der Waals surface area (Å²) in [5, 5.41) is 0. The molecule has 250 valence electrons. The van der Waals surface area contributed by atoms with Crippen LogP contribution in [0.1, 0.15) is 101 Å². The van der Waals surface area contributed by atoms with E-state index < -0.39 is 0 Å². The van der Waals surface area contributed by atoms with Gasteiger partial charge < -0.3 is 19.3 Å². The highest BCUT2D eigenvalue weighted by atomic mass is 35.5. The summed E-state index contributed by atoms with van der Waals surface area (Å²) >= 11 is 0. The van der Waals surface area contributed by atoms with Crippen LogP contribution in [-0.2, 0) is 0 Å². The van der Waals surface area contributed by atoms with Crippen molar-refractivity contribution in [3.8, 4) is 11.5 Å². The first kappa shape index (κ1) is 41.9. The van der Waals surface area contributed by atoms with Crippen LogP contribution in [0.3, 0.4) is 0 Å². The first-order valence-corrected chi connectivity index (χ1v) is 16.4. The molecular weight excluding hydrogens is 595 g/mol. The van der Waals surface area contributed by atoms with Crippen LogP contribution in [0.2, 0.25) is 0 Å². The van der Waals surface area contributed by atoms with E-state index in [4.69, 9.17) is 9.47 Å². The molecule has 2 aromatic rings. The quantitative estimate of drug-likeness (QED) is 0.0884. The van der Waals surface area contributed by atoms with E-state index in [-0.39, 0.29) is 48.2 Å². The number of unbranched alkanes of at least 4 members (excludes halogenated alkanes) is 2. The summed E-state index contributed by atoms with van der Waals surface area (Å²) in [4.78, 5) is 32.3. The molecule has 0 bridgehead atoms. The maximum atomic E-state index is 13.8. The fraction of sp³-hybridized carbons (Fsp3) is 0.611. The van der Waals surface area contributed by atoms with Crippen molar-refractivity contribution in [3.05, 3.63) is 59.7 Å². The zero-order valence-corrected chi connectivity index (χ0v) is 29.6. The highest BCUT2D eigenvalue weighted by Crippen LogP contribution is 2.25. The minimum Gasteiger partial charge on any atom is -0.494 e. The number of hydrogen-bond acceptors (Lipinski definition) is 6.